The Labute approximate surface area is 122 Å². The molecule has 114 valence electrons. The largest absolute Gasteiger partial charge is 0.480 e. The van der Waals surface area contributed by atoms with Crippen LogP contribution in [0.15, 0.2) is 12.2 Å². The SMILES string of the molecule is C/C=C/CC(NC(=O)CSC1CCS(=O)(=O)C1)C(=O)O. The summed E-state index contributed by atoms with van der Waals surface area (Å²) in [4.78, 5) is 22.6. The molecule has 20 heavy (non-hydrogen) atoms. The van der Waals surface area contributed by atoms with Gasteiger partial charge in [-0.2, -0.15) is 0 Å². The summed E-state index contributed by atoms with van der Waals surface area (Å²) in [5.41, 5.74) is 0. The number of nitrogens with one attached hydrogen (secondary N) is 1. The Hall–Kier alpha value is -1.02. The Bertz CT molecular complexity index is 486. The van der Waals surface area contributed by atoms with E-state index in [1.54, 1.807) is 19.1 Å². The average molecular weight is 321 g/mol. The van der Waals surface area contributed by atoms with E-state index in [0.29, 0.717) is 6.42 Å². The van der Waals surface area contributed by atoms with Crippen molar-refractivity contribution in [3.8, 4) is 0 Å². The molecule has 1 rings (SSSR count). The number of carbonyl (C=O) groups excluding carboxylic acids is 1. The van der Waals surface area contributed by atoms with Gasteiger partial charge in [0.15, 0.2) is 9.84 Å². The monoisotopic (exact) mass is 321 g/mol. The average Bonchev–Trinajstić information content (AvgIpc) is 2.71. The van der Waals surface area contributed by atoms with Crippen molar-refractivity contribution < 1.29 is 23.1 Å². The fourth-order valence-electron chi connectivity index (χ4n) is 1.82. The molecule has 1 aliphatic heterocycles. The Morgan fingerprint density at radius 2 is 2.20 bits per heavy atom. The van der Waals surface area contributed by atoms with E-state index in [0.717, 1.165) is 0 Å². The quantitative estimate of drug-likeness (QED) is 0.660. The lowest BCUT2D eigenvalue weighted by Gasteiger charge is -2.13. The molecule has 2 N–H and O–H groups in total. The molecule has 1 saturated heterocycles. The van der Waals surface area contributed by atoms with E-state index in [1.807, 2.05) is 0 Å². The van der Waals surface area contributed by atoms with Crippen molar-refractivity contribution >= 4 is 33.5 Å². The van der Waals surface area contributed by atoms with Crippen LogP contribution in [0.5, 0.6) is 0 Å². The number of amides is 1. The maximum absolute atomic E-state index is 11.7. The third-order valence-electron chi connectivity index (χ3n) is 2.88. The van der Waals surface area contributed by atoms with Gasteiger partial charge < -0.3 is 10.4 Å². The number of sulfone groups is 1. The van der Waals surface area contributed by atoms with Gasteiger partial charge in [0, 0.05) is 5.25 Å². The molecular weight excluding hydrogens is 302 g/mol. The maximum Gasteiger partial charge on any atom is 0.326 e. The van der Waals surface area contributed by atoms with Crippen LogP contribution in [0.1, 0.15) is 19.8 Å². The second kappa shape index (κ2) is 7.68. The van der Waals surface area contributed by atoms with Gasteiger partial charge in [0.1, 0.15) is 6.04 Å². The normalized spacial score (nSPS) is 22.8. The summed E-state index contributed by atoms with van der Waals surface area (Å²) >= 11 is 1.27. The molecule has 0 aromatic rings. The molecule has 2 atom stereocenters. The molecule has 0 radical (unpaired) electrons. The van der Waals surface area contributed by atoms with E-state index in [9.17, 15) is 18.0 Å². The third kappa shape index (κ3) is 5.96. The summed E-state index contributed by atoms with van der Waals surface area (Å²) in [5, 5.41) is 11.3. The summed E-state index contributed by atoms with van der Waals surface area (Å²) < 4.78 is 22.5. The van der Waals surface area contributed by atoms with E-state index in [4.69, 9.17) is 5.11 Å². The van der Waals surface area contributed by atoms with Crippen LogP contribution in [0.25, 0.3) is 0 Å². The number of carboxylic acid groups (broad SMARTS) is 1. The first-order chi connectivity index (χ1) is 9.34. The van der Waals surface area contributed by atoms with E-state index < -0.39 is 21.8 Å². The van der Waals surface area contributed by atoms with Gasteiger partial charge in [-0.3, -0.25) is 4.79 Å². The van der Waals surface area contributed by atoms with Crippen molar-refractivity contribution in [2.75, 3.05) is 17.3 Å². The first-order valence-corrected chi connectivity index (χ1v) is 9.16. The van der Waals surface area contributed by atoms with Crippen LogP contribution in [0.3, 0.4) is 0 Å². The van der Waals surface area contributed by atoms with E-state index in [1.165, 1.54) is 11.8 Å². The fraction of sp³-hybridized carbons (Fsp3) is 0.667. The molecule has 0 aromatic carbocycles. The van der Waals surface area contributed by atoms with Crippen molar-refractivity contribution in [1.29, 1.82) is 0 Å². The number of carboxylic acids is 1. The summed E-state index contributed by atoms with van der Waals surface area (Å²) in [5.74, 6) is -1.10. The number of rotatable bonds is 7. The topological polar surface area (TPSA) is 101 Å². The van der Waals surface area contributed by atoms with Crippen LogP contribution < -0.4 is 5.32 Å². The lowest BCUT2D eigenvalue weighted by Crippen LogP contribution is -2.41. The molecule has 0 spiro atoms. The molecule has 1 fully saturated rings. The van der Waals surface area contributed by atoms with Crippen LogP contribution in [0.4, 0.5) is 0 Å². The zero-order valence-corrected chi connectivity index (χ0v) is 12.9. The first kappa shape index (κ1) is 17.0. The highest BCUT2D eigenvalue weighted by molar-refractivity contribution is 8.02. The van der Waals surface area contributed by atoms with Crippen LogP contribution in [0.2, 0.25) is 0 Å². The standard InChI is InChI=1S/C12H19NO5S2/c1-2-3-4-10(12(15)16)13-11(14)7-19-9-5-6-20(17,18)8-9/h2-3,9-10H,4-8H2,1H3,(H,13,14)(H,15,16)/b3-2+. The zero-order chi connectivity index (χ0) is 15.2. The highest BCUT2D eigenvalue weighted by atomic mass is 32.2. The van der Waals surface area contributed by atoms with Gasteiger partial charge in [0.2, 0.25) is 5.91 Å². The van der Waals surface area contributed by atoms with Gasteiger partial charge in [-0.1, -0.05) is 12.2 Å². The Kier molecular flexibility index (Phi) is 6.54. The number of allylic oxidation sites excluding steroid dienone is 1. The van der Waals surface area contributed by atoms with Gasteiger partial charge in [-0.15, -0.1) is 11.8 Å². The van der Waals surface area contributed by atoms with Crippen molar-refractivity contribution in [2.45, 2.75) is 31.1 Å². The molecule has 2 unspecified atom stereocenters. The summed E-state index contributed by atoms with van der Waals surface area (Å²) in [6.45, 7) is 1.77. The van der Waals surface area contributed by atoms with Gasteiger partial charge >= 0.3 is 5.97 Å². The molecule has 1 aliphatic rings. The highest BCUT2D eigenvalue weighted by Gasteiger charge is 2.29. The smallest absolute Gasteiger partial charge is 0.326 e. The van der Waals surface area contributed by atoms with Crippen molar-refractivity contribution in [3.63, 3.8) is 0 Å². The fourth-order valence-corrected chi connectivity index (χ4v) is 5.27. The highest BCUT2D eigenvalue weighted by Crippen LogP contribution is 2.23. The minimum Gasteiger partial charge on any atom is -0.480 e. The molecule has 0 aliphatic carbocycles. The van der Waals surface area contributed by atoms with Gasteiger partial charge in [-0.05, 0) is 19.8 Å². The minimum atomic E-state index is -2.95. The predicted molar refractivity (Wildman–Crippen MR) is 78.5 cm³/mol. The molecule has 6 nitrogen and oxygen atoms in total. The molecule has 1 heterocycles. The Morgan fingerprint density at radius 3 is 2.70 bits per heavy atom. The summed E-state index contributed by atoms with van der Waals surface area (Å²) in [6, 6.07) is -0.938. The molecule has 0 aromatic heterocycles. The van der Waals surface area contributed by atoms with Crippen LogP contribution in [-0.4, -0.2) is 54.0 Å². The van der Waals surface area contributed by atoms with Crippen LogP contribution >= 0.6 is 11.8 Å². The number of hydrogen-bond donors (Lipinski definition) is 2. The Balaban J connectivity index is 2.37. The molecule has 1 amide bonds. The predicted octanol–water partition coefficient (Wildman–Crippen LogP) is 0.442. The maximum atomic E-state index is 11.7. The second-order valence-corrected chi connectivity index (χ2v) is 8.12. The lowest BCUT2D eigenvalue weighted by atomic mass is 10.2. The first-order valence-electron chi connectivity index (χ1n) is 6.29. The second-order valence-electron chi connectivity index (χ2n) is 4.60. The molecular formula is C12H19NO5S2. The number of aliphatic carboxylic acids is 1. The van der Waals surface area contributed by atoms with Crippen LogP contribution in [-0.2, 0) is 19.4 Å². The van der Waals surface area contributed by atoms with Crippen molar-refractivity contribution in [1.82, 2.24) is 5.32 Å². The number of carbonyl (C=O) groups is 2. The summed E-state index contributed by atoms with van der Waals surface area (Å²) in [6.07, 6.45) is 4.19. The number of hydrogen-bond acceptors (Lipinski definition) is 5. The van der Waals surface area contributed by atoms with Gasteiger partial charge in [-0.25, -0.2) is 13.2 Å². The summed E-state index contributed by atoms with van der Waals surface area (Å²) in [7, 11) is -2.95. The van der Waals surface area contributed by atoms with E-state index in [-0.39, 0.29) is 34.8 Å². The molecule has 8 heteroatoms. The lowest BCUT2D eigenvalue weighted by molar-refractivity contribution is -0.141. The molecule has 0 bridgehead atoms. The van der Waals surface area contributed by atoms with Crippen molar-refractivity contribution in [3.05, 3.63) is 12.2 Å². The van der Waals surface area contributed by atoms with E-state index >= 15 is 0 Å². The van der Waals surface area contributed by atoms with Gasteiger partial charge in [0.05, 0.1) is 17.3 Å². The Morgan fingerprint density at radius 1 is 1.50 bits per heavy atom. The number of thioether (sulfide) groups is 1. The van der Waals surface area contributed by atoms with Gasteiger partial charge in [0.25, 0.3) is 0 Å². The zero-order valence-electron chi connectivity index (χ0n) is 11.2. The molecule has 0 saturated carbocycles. The van der Waals surface area contributed by atoms with Crippen molar-refractivity contribution in [2.24, 2.45) is 0 Å². The third-order valence-corrected chi connectivity index (χ3v) is 6.16. The van der Waals surface area contributed by atoms with E-state index in [2.05, 4.69) is 5.32 Å². The van der Waals surface area contributed by atoms with Crippen LogP contribution in [0, 0.1) is 0 Å². The minimum absolute atomic E-state index is 0.0652.